The molecule has 0 amide bonds. The summed E-state index contributed by atoms with van der Waals surface area (Å²) in [5.41, 5.74) is 7.83. The zero-order chi connectivity index (χ0) is 28.7. The average Bonchev–Trinajstić information content (AvgIpc) is 3.62. The van der Waals surface area contributed by atoms with E-state index in [2.05, 4.69) is 31.2 Å². The molecule has 4 aromatic carbocycles. The number of hydrogen-bond donors (Lipinski definition) is 0. The quantitative estimate of drug-likeness (QED) is 0.0908. The van der Waals surface area contributed by atoms with Crippen LogP contribution in [0.4, 0.5) is 34.6 Å². The first kappa shape index (κ1) is 27.1. The summed E-state index contributed by atoms with van der Waals surface area (Å²) in [7, 11) is -6.00. The molecule has 1 radical (unpaired) electrons. The lowest BCUT2D eigenvalue weighted by Crippen LogP contribution is -2.36. The van der Waals surface area contributed by atoms with Crippen molar-refractivity contribution in [2.75, 3.05) is 10.1 Å². The predicted octanol–water partition coefficient (Wildman–Crippen LogP) is 5.66. The molecule has 1 aliphatic heterocycles. The maximum atomic E-state index is 9.75. The van der Waals surface area contributed by atoms with Gasteiger partial charge in [-0.3, -0.25) is 0 Å². The van der Waals surface area contributed by atoms with Crippen LogP contribution < -0.4 is 20.3 Å². The molecule has 0 fully saturated rings. The molecule has 41 heavy (non-hydrogen) atoms. The van der Waals surface area contributed by atoms with Gasteiger partial charge in [0.05, 0.1) is 16.5 Å². The molecule has 0 atom stereocenters. The fourth-order valence-electron chi connectivity index (χ4n) is 3.57. The molecule has 2 heterocycles. The first-order chi connectivity index (χ1) is 19.8. The molecule has 0 unspecified atom stereocenters. The lowest BCUT2D eigenvalue weighted by Gasteiger charge is -2.16. The third-order valence-corrected chi connectivity index (χ3v) is 5.30. The van der Waals surface area contributed by atoms with Gasteiger partial charge in [-0.15, -0.1) is 5.10 Å². The van der Waals surface area contributed by atoms with Crippen LogP contribution in [0.2, 0.25) is 0 Å². The van der Waals surface area contributed by atoms with E-state index in [9.17, 15) is 17.3 Å². The van der Waals surface area contributed by atoms with Gasteiger partial charge in [-0.2, -0.15) is 10.1 Å². The first-order valence-corrected chi connectivity index (χ1v) is 12.2. The largest absolute Gasteiger partial charge is 0.673 e. The van der Waals surface area contributed by atoms with Crippen molar-refractivity contribution in [3.8, 4) is 11.4 Å². The third kappa shape index (κ3) is 7.16. The Morgan fingerprint density at radius 3 is 1.66 bits per heavy atom. The maximum Gasteiger partial charge on any atom is 0.673 e. The second kappa shape index (κ2) is 12.2. The van der Waals surface area contributed by atoms with Gasteiger partial charge in [-0.05, 0) is 58.4 Å². The first-order valence-electron chi connectivity index (χ1n) is 12.2. The van der Waals surface area contributed by atoms with Crippen molar-refractivity contribution in [3.05, 3.63) is 121 Å². The Morgan fingerprint density at radius 1 is 0.610 bits per heavy atom. The highest BCUT2D eigenvalue weighted by Crippen LogP contribution is 2.23. The van der Waals surface area contributed by atoms with Crippen LogP contribution in [-0.2, 0) is 0 Å². The van der Waals surface area contributed by atoms with E-state index in [1.807, 2.05) is 121 Å². The topological polar surface area (TPSA) is 92.2 Å². The van der Waals surface area contributed by atoms with Crippen LogP contribution in [0.15, 0.2) is 137 Å². The highest BCUT2D eigenvalue weighted by Gasteiger charge is 2.29. The Hall–Kier alpha value is -5.44. The van der Waals surface area contributed by atoms with Crippen LogP contribution in [0.3, 0.4) is 0 Å². The van der Waals surface area contributed by atoms with Gasteiger partial charge in [-0.25, -0.2) is 0 Å². The van der Waals surface area contributed by atoms with E-state index in [4.69, 9.17) is 0 Å². The number of rotatable bonds is 5. The predicted molar refractivity (Wildman–Crippen MR) is 145 cm³/mol. The Balaban J connectivity index is 0.000000623. The van der Waals surface area contributed by atoms with Crippen LogP contribution in [0.5, 0.6) is 0 Å². The van der Waals surface area contributed by atoms with Crippen molar-refractivity contribution in [2.45, 2.75) is 0 Å². The monoisotopic (exact) mass is 563 g/mol. The summed E-state index contributed by atoms with van der Waals surface area (Å²) in [5, 5.41) is 25.8. The number of hydrogen-bond acceptors (Lipinski definition) is 7. The molecule has 6 rings (SSSR count). The van der Waals surface area contributed by atoms with Gasteiger partial charge in [0.1, 0.15) is 11.4 Å². The van der Waals surface area contributed by atoms with Crippen LogP contribution in [0.25, 0.3) is 11.4 Å². The number of benzene rings is 4. The minimum atomic E-state index is -6.00. The van der Waals surface area contributed by atoms with Gasteiger partial charge in [0.2, 0.25) is 0 Å². The fourth-order valence-corrected chi connectivity index (χ4v) is 3.57. The number of tetrazole rings is 1. The Kier molecular flexibility index (Phi) is 8.06. The Morgan fingerprint density at radius 2 is 1.10 bits per heavy atom. The number of hydrazone groups is 1. The molecule has 0 aliphatic carbocycles. The van der Waals surface area contributed by atoms with Gasteiger partial charge in [0.25, 0.3) is 5.96 Å². The SMILES string of the molecule is F[B-](F)(F)F.c1ccc(N2N=C(/[15N]=[15N]/c3nn(-c4ccccc4)[15n][n+]3-c3ccccc3)N(c3ccccc3)[15N]2)cc1. The summed E-state index contributed by atoms with van der Waals surface area (Å²) >= 11 is 0. The molecule has 15 heteroatoms. The number of guanidine groups is 1. The second-order valence-corrected chi connectivity index (χ2v) is 8.22. The van der Waals surface area contributed by atoms with E-state index < -0.39 is 7.25 Å². The maximum absolute atomic E-state index is 9.75. The molecule has 0 spiro atoms. The average molecular weight is 563 g/mol. The van der Waals surface area contributed by atoms with Crippen molar-refractivity contribution >= 4 is 30.5 Å². The van der Waals surface area contributed by atoms with Crippen LogP contribution in [0.1, 0.15) is 0 Å². The van der Waals surface area contributed by atoms with Gasteiger partial charge in [0.15, 0.2) is 0 Å². The summed E-state index contributed by atoms with van der Waals surface area (Å²) in [6.45, 7) is 0. The molecular weight excluding hydrogens is 543 g/mol. The zero-order valence-electron chi connectivity index (χ0n) is 21.1. The normalized spacial score (nSPS) is 13.2. The lowest BCUT2D eigenvalue weighted by molar-refractivity contribution is -0.649. The molecular formula is C26H20BF4N10. The lowest BCUT2D eigenvalue weighted by atomic mass is 10.3. The molecule has 0 saturated carbocycles. The highest BCUT2D eigenvalue weighted by molar-refractivity contribution is 6.50. The van der Waals surface area contributed by atoms with Crippen molar-refractivity contribution in [1.82, 2.24) is 20.6 Å². The van der Waals surface area contributed by atoms with Crippen LogP contribution in [-0.4, -0.2) is 28.3 Å². The molecule has 1 aromatic heterocycles. The van der Waals surface area contributed by atoms with Gasteiger partial charge in [-0.1, -0.05) is 77.5 Å². The van der Waals surface area contributed by atoms with E-state index in [-0.39, 0.29) is 0 Å². The molecule has 1 aliphatic rings. The summed E-state index contributed by atoms with van der Waals surface area (Å²) in [6, 6.07) is 38.6. The third-order valence-electron chi connectivity index (χ3n) is 5.30. The van der Waals surface area contributed by atoms with E-state index in [1.54, 1.807) is 9.69 Å². The standard InChI is InChI=1S/C26H20N10.BF4/c1-5-13-21(14-6-1)33-25(29-35(31-33)23-17-9-3-10-18-23)27-28-26-30-36(24-19-11-4-12-20-24)32-34(26)22-15-7-2-8-16-22;2-1(3,4)5/h1-20H;/q+1;-1/b28-27+;/i27+1,28+1,31+1,32+1;. The Bertz CT molecular complexity index is 1610. The number of halogens is 4. The van der Waals surface area contributed by atoms with E-state index >= 15 is 0 Å². The number of nitrogens with zero attached hydrogens (tertiary/aromatic N) is 10. The number of anilines is 2. The van der Waals surface area contributed by atoms with Crippen molar-refractivity contribution in [3.63, 3.8) is 0 Å². The summed E-state index contributed by atoms with van der Waals surface area (Å²) < 4.78 is 40.6. The molecule has 0 bridgehead atoms. The van der Waals surface area contributed by atoms with Crippen molar-refractivity contribution in [2.24, 2.45) is 15.3 Å². The summed E-state index contributed by atoms with van der Waals surface area (Å²) in [6.07, 6.45) is 0. The van der Waals surface area contributed by atoms with Gasteiger partial charge < -0.3 is 17.3 Å². The van der Waals surface area contributed by atoms with Gasteiger partial charge >= 0.3 is 13.2 Å². The second-order valence-electron chi connectivity index (χ2n) is 8.22. The van der Waals surface area contributed by atoms with Gasteiger partial charge in [0, 0.05) is 15.9 Å². The highest BCUT2D eigenvalue weighted by atomic mass is 19.5. The van der Waals surface area contributed by atoms with Crippen LogP contribution in [0, 0.1) is 0 Å². The van der Waals surface area contributed by atoms with Crippen molar-refractivity contribution < 1.29 is 21.9 Å². The summed E-state index contributed by atoms with van der Waals surface area (Å²) in [5.74, 6) is 0.581. The smallest absolute Gasteiger partial charge is 0.418 e. The molecule has 0 saturated heterocycles. The number of azo groups is 1. The molecule has 0 N–H and O–H groups in total. The number of para-hydroxylation sites is 4. The summed E-state index contributed by atoms with van der Waals surface area (Å²) in [4.78, 5) is 1.52. The van der Waals surface area contributed by atoms with Crippen molar-refractivity contribution in [1.29, 1.82) is 0 Å². The van der Waals surface area contributed by atoms with E-state index in [0.29, 0.717) is 11.9 Å². The van der Waals surface area contributed by atoms with Crippen LogP contribution >= 0.6 is 0 Å². The zero-order valence-corrected chi connectivity index (χ0v) is 21.1. The Labute approximate surface area is 231 Å². The number of aromatic nitrogens is 4. The van der Waals surface area contributed by atoms with E-state index in [1.165, 1.54) is 9.91 Å². The minimum Gasteiger partial charge on any atom is -0.418 e. The molecule has 10 nitrogen and oxygen atoms in total. The molecule has 205 valence electrons. The van der Waals surface area contributed by atoms with E-state index in [0.717, 1.165) is 22.7 Å². The fraction of sp³-hybridized carbons (Fsp3) is 0. The minimum absolute atomic E-state index is 0.291. The molecule has 5 aromatic rings.